The van der Waals surface area contributed by atoms with Crippen LogP contribution in [0.25, 0.3) is 0 Å². The highest BCUT2D eigenvalue weighted by atomic mass is 19.4. The van der Waals surface area contributed by atoms with Crippen molar-refractivity contribution in [2.45, 2.75) is 103 Å². The summed E-state index contributed by atoms with van der Waals surface area (Å²) >= 11 is 0. The third kappa shape index (κ3) is 11.7. The summed E-state index contributed by atoms with van der Waals surface area (Å²) in [6.45, 7) is 2.39. The van der Waals surface area contributed by atoms with E-state index in [9.17, 15) is 70.3 Å². The first-order valence-corrected chi connectivity index (χ1v) is 18.3. The van der Waals surface area contributed by atoms with Crippen LogP contribution in [0.15, 0.2) is 24.3 Å². The summed E-state index contributed by atoms with van der Waals surface area (Å²) in [6.07, 6.45) is -9.86. The molecule has 0 aliphatic carbocycles. The Balaban J connectivity index is 1.52. The minimum Gasteiger partial charge on any atom is -0.480 e. The van der Waals surface area contributed by atoms with Crippen molar-refractivity contribution in [2.24, 2.45) is 5.92 Å². The quantitative estimate of drug-likeness (QED) is 0.0522. The van der Waals surface area contributed by atoms with Gasteiger partial charge >= 0.3 is 32.6 Å². The van der Waals surface area contributed by atoms with Gasteiger partial charge in [-0.1, -0.05) is 19.4 Å². The maximum Gasteiger partial charge on any atom is 0.491 e. The first-order chi connectivity index (χ1) is 27.1. The molecule has 2 aliphatic heterocycles. The SMILES string of the molecule is CC[C@@H](CCCCNC(=O)CC[C@H](NC(=O)[C@H](CCC(=O)c1cc2c(c(C(F)(F)F)c1)COB2O)NC(=O)c1cc2c(c(C(F)(F)F)c1)COB2O)C(=O)O)C(C)=O. The summed E-state index contributed by atoms with van der Waals surface area (Å²) in [6, 6.07) is -0.829. The number of halogens is 6. The third-order valence-corrected chi connectivity index (χ3v) is 9.99. The molecule has 2 aromatic carbocycles. The normalized spacial score (nSPS) is 15.3. The van der Waals surface area contributed by atoms with Crippen LogP contribution in [0.1, 0.15) is 108 Å². The lowest BCUT2D eigenvalue weighted by molar-refractivity contribution is -0.142. The molecule has 3 amide bonds. The smallest absolute Gasteiger partial charge is 0.480 e. The first-order valence-electron chi connectivity index (χ1n) is 18.3. The molecule has 0 unspecified atom stereocenters. The molecule has 0 saturated carbocycles. The average molecular weight is 827 g/mol. The van der Waals surface area contributed by atoms with Crippen molar-refractivity contribution in [2.75, 3.05) is 6.54 Å². The van der Waals surface area contributed by atoms with Crippen LogP contribution in [0.3, 0.4) is 0 Å². The Bertz CT molecular complexity index is 1910. The molecule has 2 aliphatic rings. The van der Waals surface area contributed by atoms with Crippen molar-refractivity contribution in [3.63, 3.8) is 0 Å². The van der Waals surface area contributed by atoms with Crippen molar-refractivity contribution in [3.8, 4) is 0 Å². The molecule has 2 aromatic rings. The van der Waals surface area contributed by atoms with E-state index in [1.165, 1.54) is 6.92 Å². The molecule has 22 heteroatoms. The zero-order valence-electron chi connectivity index (χ0n) is 31.3. The summed E-state index contributed by atoms with van der Waals surface area (Å²) in [5.41, 5.74) is -5.39. The van der Waals surface area contributed by atoms with Crippen LogP contribution in [0.5, 0.6) is 0 Å². The van der Waals surface area contributed by atoms with E-state index in [1.807, 2.05) is 6.92 Å². The predicted octanol–water partition coefficient (Wildman–Crippen LogP) is 2.17. The minimum absolute atomic E-state index is 0.0605. The van der Waals surface area contributed by atoms with Crippen LogP contribution < -0.4 is 26.9 Å². The molecule has 3 atom stereocenters. The molecular formula is C36H41B2F6N3O11. The number of carbonyl (C=O) groups is 6. The van der Waals surface area contributed by atoms with Gasteiger partial charge in [0.05, 0.1) is 24.3 Å². The summed E-state index contributed by atoms with van der Waals surface area (Å²) < 4.78 is 93.2. The molecule has 0 bridgehead atoms. The highest BCUT2D eigenvalue weighted by molar-refractivity contribution is 6.62. The highest BCUT2D eigenvalue weighted by Gasteiger charge is 2.42. The van der Waals surface area contributed by atoms with Crippen LogP contribution >= 0.6 is 0 Å². The van der Waals surface area contributed by atoms with Crippen LogP contribution in [-0.2, 0) is 54.1 Å². The van der Waals surface area contributed by atoms with Gasteiger partial charge < -0.3 is 40.4 Å². The molecule has 0 fully saturated rings. The van der Waals surface area contributed by atoms with E-state index in [4.69, 9.17) is 9.31 Å². The van der Waals surface area contributed by atoms with Crippen molar-refractivity contribution in [1.29, 1.82) is 0 Å². The van der Waals surface area contributed by atoms with E-state index in [2.05, 4.69) is 16.0 Å². The number of ketones is 2. The third-order valence-electron chi connectivity index (χ3n) is 9.99. The highest BCUT2D eigenvalue weighted by Crippen LogP contribution is 2.35. The number of amides is 3. The number of carbonyl (C=O) groups excluding carboxylic acids is 5. The average Bonchev–Trinajstić information content (AvgIpc) is 3.72. The molecule has 58 heavy (non-hydrogen) atoms. The lowest BCUT2D eigenvalue weighted by Gasteiger charge is -2.22. The van der Waals surface area contributed by atoms with Crippen LogP contribution in [0.2, 0.25) is 0 Å². The van der Waals surface area contributed by atoms with Crippen molar-refractivity contribution in [3.05, 3.63) is 57.6 Å². The van der Waals surface area contributed by atoms with Gasteiger partial charge in [-0.25, -0.2) is 4.79 Å². The van der Waals surface area contributed by atoms with E-state index < -0.39 is 140 Å². The van der Waals surface area contributed by atoms with E-state index in [-0.39, 0.29) is 29.2 Å². The van der Waals surface area contributed by atoms with E-state index >= 15 is 0 Å². The maximum atomic E-state index is 13.9. The van der Waals surface area contributed by atoms with E-state index in [1.54, 1.807) is 0 Å². The molecule has 14 nitrogen and oxygen atoms in total. The number of aliphatic carboxylic acids is 1. The van der Waals surface area contributed by atoms with Gasteiger partial charge in [-0.05, 0) is 79.3 Å². The molecule has 0 radical (unpaired) electrons. The number of carboxylic acids is 1. The Hall–Kier alpha value is -4.79. The van der Waals surface area contributed by atoms with E-state index in [0.29, 0.717) is 37.8 Å². The fourth-order valence-electron chi connectivity index (χ4n) is 6.72. The Morgan fingerprint density at radius 3 is 1.81 bits per heavy atom. The maximum absolute atomic E-state index is 13.9. The van der Waals surface area contributed by atoms with Crippen LogP contribution in [0.4, 0.5) is 26.3 Å². The zero-order valence-corrected chi connectivity index (χ0v) is 31.3. The van der Waals surface area contributed by atoms with Gasteiger partial charge in [0, 0.05) is 36.4 Å². The largest absolute Gasteiger partial charge is 0.491 e. The number of rotatable bonds is 19. The van der Waals surface area contributed by atoms with Crippen LogP contribution in [-0.4, -0.2) is 83.3 Å². The Morgan fingerprint density at radius 1 is 0.759 bits per heavy atom. The van der Waals surface area contributed by atoms with Gasteiger partial charge in [0.25, 0.3) is 5.91 Å². The van der Waals surface area contributed by atoms with Gasteiger partial charge in [-0.2, -0.15) is 26.3 Å². The molecule has 4 rings (SSSR count). The van der Waals surface area contributed by atoms with Crippen LogP contribution in [0, 0.1) is 5.92 Å². The van der Waals surface area contributed by atoms with Gasteiger partial charge in [0.1, 0.15) is 17.9 Å². The molecule has 0 spiro atoms. The first kappa shape index (κ1) is 45.9. The second-order valence-corrected chi connectivity index (χ2v) is 14.0. The molecule has 0 saturated heterocycles. The van der Waals surface area contributed by atoms with Gasteiger partial charge in [0.2, 0.25) is 11.8 Å². The number of alkyl halides is 6. The van der Waals surface area contributed by atoms with Crippen molar-refractivity contribution < 1.29 is 79.6 Å². The molecule has 314 valence electrons. The fraction of sp³-hybridized carbons (Fsp3) is 0.500. The second kappa shape index (κ2) is 19.3. The molecular weight excluding hydrogens is 786 g/mol. The van der Waals surface area contributed by atoms with Gasteiger partial charge in [-0.3, -0.25) is 24.0 Å². The Labute approximate surface area is 328 Å². The summed E-state index contributed by atoms with van der Waals surface area (Å²) in [5, 5.41) is 36.9. The Kier molecular flexibility index (Phi) is 15.3. The number of benzene rings is 2. The lowest BCUT2D eigenvalue weighted by atomic mass is 9.76. The van der Waals surface area contributed by atoms with Gasteiger partial charge in [-0.15, -0.1) is 0 Å². The van der Waals surface area contributed by atoms with E-state index in [0.717, 1.165) is 12.1 Å². The lowest BCUT2D eigenvalue weighted by Crippen LogP contribution is -2.52. The number of Topliss-reactive ketones (excluding diaryl/α,β-unsaturated/α-hetero) is 2. The molecule has 2 heterocycles. The summed E-state index contributed by atoms with van der Waals surface area (Å²) in [7, 11) is -3.60. The number of hydrogen-bond donors (Lipinski definition) is 6. The van der Waals surface area contributed by atoms with Crippen molar-refractivity contribution >= 4 is 60.4 Å². The Morgan fingerprint density at radius 2 is 1.29 bits per heavy atom. The topological polar surface area (TPSA) is 218 Å². The number of hydrogen-bond acceptors (Lipinski definition) is 10. The minimum atomic E-state index is -5.02. The number of carboxylic acid groups (broad SMARTS) is 1. The monoisotopic (exact) mass is 827 g/mol. The molecule has 6 N–H and O–H groups in total. The molecule has 0 aromatic heterocycles. The summed E-state index contributed by atoms with van der Waals surface area (Å²) in [4.78, 5) is 76.5. The standard InChI is InChI=1S/C36H41B2F6N3O11/c1-3-19(18(2)48)6-4-5-11-45-31(50)10-8-29(34(53)54)47-33(52)28(46-32(51)21-13-25(36(42,43)44)23-17-58-38(56)27(23)15-21)7-9-30(49)20-12-24(35(39,40)41)22-16-57-37(55)26(22)14-20/h12-15,19,28-29,55-56H,3-11,16-17H2,1-2H3,(H,45,50)(H,46,51)(H,47,52)(H,53,54)/t19-,28-,29-/m0/s1. The number of unbranched alkanes of at least 4 members (excludes halogenated alkanes) is 1. The summed E-state index contributed by atoms with van der Waals surface area (Å²) in [5.74, 6) is -5.84. The number of nitrogens with one attached hydrogen (secondary N) is 3. The zero-order chi connectivity index (χ0) is 43.1. The fourth-order valence-corrected chi connectivity index (χ4v) is 6.72. The predicted molar refractivity (Wildman–Crippen MR) is 193 cm³/mol. The second-order valence-electron chi connectivity index (χ2n) is 14.0. The number of fused-ring (bicyclic) bond motifs is 2. The van der Waals surface area contributed by atoms with Gasteiger partial charge in [0.15, 0.2) is 5.78 Å². The van der Waals surface area contributed by atoms with Crippen molar-refractivity contribution in [1.82, 2.24) is 16.0 Å².